The van der Waals surface area contributed by atoms with Gasteiger partial charge in [-0.15, -0.1) is 0 Å². The maximum Gasteiger partial charge on any atom is 0.251 e. The van der Waals surface area contributed by atoms with Gasteiger partial charge in [0, 0.05) is 31.3 Å². The number of nitrogens with one attached hydrogen (secondary N) is 1. The number of amidine groups is 1. The largest absolute Gasteiger partial charge is 0.396 e. The van der Waals surface area contributed by atoms with Crippen LogP contribution >= 0.6 is 0 Å². The summed E-state index contributed by atoms with van der Waals surface area (Å²) >= 11 is 0. The predicted octanol–water partition coefficient (Wildman–Crippen LogP) is 0.554. The summed E-state index contributed by atoms with van der Waals surface area (Å²) in [5.41, 5.74) is 0.769. The molecule has 1 amide bonds. The minimum atomic E-state index is 0.0979. The monoisotopic (exact) mass is 265 g/mol. The van der Waals surface area contributed by atoms with E-state index in [1.165, 1.54) is 0 Å². The van der Waals surface area contributed by atoms with Crippen LogP contribution in [0.1, 0.15) is 26.7 Å². The Morgan fingerprint density at radius 1 is 1.53 bits per heavy atom. The molecule has 0 aromatic carbocycles. The summed E-state index contributed by atoms with van der Waals surface area (Å²) in [6.07, 6.45) is 3.65. The van der Waals surface area contributed by atoms with Crippen LogP contribution in [0.4, 0.5) is 0 Å². The van der Waals surface area contributed by atoms with Crippen molar-refractivity contribution < 1.29 is 9.90 Å². The number of amides is 1. The van der Waals surface area contributed by atoms with Crippen LogP contribution < -0.4 is 5.32 Å². The second-order valence-corrected chi connectivity index (χ2v) is 5.59. The average Bonchev–Trinajstić information content (AvgIpc) is 2.85. The minimum absolute atomic E-state index is 0.0979. The van der Waals surface area contributed by atoms with Gasteiger partial charge in [-0.3, -0.25) is 9.79 Å². The van der Waals surface area contributed by atoms with Crippen molar-refractivity contribution in [2.45, 2.75) is 32.7 Å². The van der Waals surface area contributed by atoms with Crippen LogP contribution in [0, 0.1) is 5.92 Å². The van der Waals surface area contributed by atoms with Crippen LogP contribution in [-0.2, 0) is 4.79 Å². The molecule has 2 N–H and O–H groups in total. The van der Waals surface area contributed by atoms with Gasteiger partial charge >= 0.3 is 0 Å². The average molecular weight is 265 g/mol. The van der Waals surface area contributed by atoms with E-state index in [0.29, 0.717) is 18.5 Å². The van der Waals surface area contributed by atoms with E-state index >= 15 is 0 Å². The molecule has 0 aromatic heterocycles. The van der Waals surface area contributed by atoms with E-state index in [-0.39, 0.29) is 12.5 Å². The normalized spacial score (nSPS) is 20.5. The number of likely N-dealkylation sites (tertiary alicyclic amines) is 1. The molecule has 2 heterocycles. The number of carbonyl (C=O) groups excluding carboxylic acids is 1. The summed E-state index contributed by atoms with van der Waals surface area (Å²) in [5, 5.41) is 12.3. The molecule has 1 fully saturated rings. The molecule has 2 aliphatic heterocycles. The van der Waals surface area contributed by atoms with Crippen LogP contribution in [0.5, 0.6) is 0 Å². The number of aliphatic imine (C=N–C) groups is 1. The third kappa shape index (κ3) is 3.56. The highest BCUT2D eigenvalue weighted by Gasteiger charge is 2.26. The number of aliphatic hydroxyl groups excluding tert-OH is 1. The molecule has 2 rings (SSSR count). The van der Waals surface area contributed by atoms with Crippen LogP contribution in [-0.4, -0.2) is 54.0 Å². The number of hydrogen-bond donors (Lipinski definition) is 2. The smallest absolute Gasteiger partial charge is 0.251 e. The van der Waals surface area contributed by atoms with Crippen molar-refractivity contribution >= 4 is 11.7 Å². The van der Waals surface area contributed by atoms with E-state index in [9.17, 15) is 4.79 Å². The molecule has 2 aliphatic rings. The molecule has 0 atom stereocenters. The van der Waals surface area contributed by atoms with Crippen molar-refractivity contribution in [2.24, 2.45) is 10.9 Å². The van der Waals surface area contributed by atoms with Crippen LogP contribution in [0.25, 0.3) is 0 Å². The lowest BCUT2D eigenvalue weighted by Crippen LogP contribution is -2.40. The topological polar surface area (TPSA) is 64.9 Å². The molecule has 0 radical (unpaired) electrons. The Kier molecular flexibility index (Phi) is 4.58. The number of carbonyl (C=O) groups is 1. The first-order chi connectivity index (χ1) is 9.10. The zero-order valence-corrected chi connectivity index (χ0v) is 11.7. The fourth-order valence-electron chi connectivity index (χ4n) is 2.46. The van der Waals surface area contributed by atoms with E-state index in [1.807, 2.05) is 11.0 Å². The molecule has 0 aliphatic carbocycles. The quantitative estimate of drug-likeness (QED) is 0.783. The van der Waals surface area contributed by atoms with Crippen molar-refractivity contribution in [1.29, 1.82) is 0 Å². The van der Waals surface area contributed by atoms with Gasteiger partial charge in [0.15, 0.2) is 0 Å². The SMILES string of the molecule is CC(C)NC1=NCC(C(=O)N2CCC(CO)CC2)=C1. The van der Waals surface area contributed by atoms with Crippen LogP contribution in [0.3, 0.4) is 0 Å². The second kappa shape index (κ2) is 6.19. The zero-order chi connectivity index (χ0) is 13.8. The molecule has 19 heavy (non-hydrogen) atoms. The lowest BCUT2D eigenvalue weighted by molar-refractivity contribution is -0.128. The number of nitrogens with zero attached hydrogens (tertiary/aromatic N) is 2. The molecule has 5 nitrogen and oxygen atoms in total. The van der Waals surface area contributed by atoms with E-state index in [0.717, 1.165) is 37.3 Å². The van der Waals surface area contributed by atoms with Crippen LogP contribution in [0.2, 0.25) is 0 Å². The lowest BCUT2D eigenvalue weighted by Gasteiger charge is -2.31. The van der Waals surface area contributed by atoms with E-state index in [1.54, 1.807) is 0 Å². The van der Waals surface area contributed by atoms with Gasteiger partial charge in [-0.1, -0.05) is 0 Å². The molecule has 0 spiro atoms. The van der Waals surface area contributed by atoms with Gasteiger partial charge in [-0.25, -0.2) is 0 Å². The maximum absolute atomic E-state index is 12.3. The van der Waals surface area contributed by atoms with Crippen molar-refractivity contribution in [3.63, 3.8) is 0 Å². The Labute approximate surface area is 114 Å². The second-order valence-electron chi connectivity index (χ2n) is 5.59. The van der Waals surface area contributed by atoms with Crippen molar-refractivity contribution in [3.8, 4) is 0 Å². The fourth-order valence-corrected chi connectivity index (χ4v) is 2.46. The third-order valence-electron chi connectivity index (χ3n) is 3.60. The summed E-state index contributed by atoms with van der Waals surface area (Å²) in [7, 11) is 0. The number of hydrogen-bond acceptors (Lipinski definition) is 4. The molecule has 0 saturated carbocycles. The van der Waals surface area contributed by atoms with Gasteiger partial charge in [0.2, 0.25) is 0 Å². The Morgan fingerprint density at radius 2 is 2.21 bits per heavy atom. The Hall–Kier alpha value is -1.36. The van der Waals surface area contributed by atoms with Gasteiger partial charge in [-0.05, 0) is 38.7 Å². The van der Waals surface area contributed by atoms with Crippen molar-refractivity contribution in [2.75, 3.05) is 26.2 Å². The molecule has 0 aromatic rings. The summed E-state index contributed by atoms with van der Waals surface area (Å²) in [6, 6.07) is 0.324. The molecular weight excluding hydrogens is 242 g/mol. The molecule has 0 unspecified atom stereocenters. The molecular formula is C14H23N3O2. The van der Waals surface area contributed by atoms with Gasteiger partial charge in [0.05, 0.1) is 6.54 Å². The summed E-state index contributed by atoms with van der Waals surface area (Å²) in [6.45, 7) is 6.30. The highest BCUT2D eigenvalue weighted by Crippen LogP contribution is 2.19. The highest BCUT2D eigenvalue weighted by molar-refractivity contribution is 6.06. The zero-order valence-electron chi connectivity index (χ0n) is 11.7. The van der Waals surface area contributed by atoms with E-state index in [4.69, 9.17) is 5.11 Å². The first kappa shape index (κ1) is 14.1. The predicted molar refractivity (Wildman–Crippen MR) is 75.0 cm³/mol. The van der Waals surface area contributed by atoms with E-state index in [2.05, 4.69) is 24.2 Å². The Balaban J connectivity index is 1.88. The third-order valence-corrected chi connectivity index (χ3v) is 3.60. The highest BCUT2D eigenvalue weighted by atomic mass is 16.3. The molecule has 5 heteroatoms. The first-order valence-corrected chi connectivity index (χ1v) is 7.02. The fraction of sp³-hybridized carbons (Fsp3) is 0.714. The first-order valence-electron chi connectivity index (χ1n) is 7.02. The van der Waals surface area contributed by atoms with Crippen molar-refractivity contribution in [1.82, 2.24) is 10.2 Å². The Bertz CT molecular complexity index is 393. The lowest BCUT2D eigenvalue weighted by atomic mass is 9.97. The molecule has 1 saturated heterocycles. The summed E-state index contributed by atoms with van der Waals surface area (Å²) in [4.78, 5) is 18.5. The van der Waals surface area contributed by atoms with Crippen LogP contribution in [0.15, 0.2) is 16.6 Å². The van der Waals surface area contributed by atoms with Gasteiger partial charge in [-0.2, -0.15) is 0 Å². The standard InChI is InChI=1S/C14H23N3O2/c1-10(2)16-13-7-12(8-15-13)14(19)17-5-3-11(9-18)4-6-17/h7,10-11,18H,3-6,8-9H2,1-2H3,(H,15,16). The summed E-state index contributed by atoms with van der Waals surface area (Å²) in [5.74, 6) is 1.26. The maximum atomic E-state index is 12.3. The summed E-state index contributed by atoms with van der Waals surface area (Å²) < 4.78 is 0. The number of rotatable bonds is 3. The van der Waals surface area contributed by atoms with Crippen molar-refractivity contribution in [3.05, 3.63) is 11.6 Å². The van der Waals surface area contributed by atoms with Gasteiger partial charge in [0.1, 0.15) is 5.84 Å². The minimum Gasteiger partial charge on any atom is -0.396 e. The number of piperidine rings is 1. The number of aliphatic hydroxyl groups is 1. The van der Waals surface area contributed by atoms with Gasteiger partial charge in [0.25, 0.3) is 5.91 Å². The Morgan fingerprint density at radius 3 is 2.79 bits per heavy atom. The van der Waals surface area contributed by atoms with E-state index < -0.39 is 0 Å². The molecule has 0 bridgehead atoms. The molecule has 106 valence electrons. The van der Waals surface area contributed by atoms with Gasteiger partial charge < -0.3 is 15.3 Å².